The Morgan fingerprint density at radius 2 is 1.89 bits per heavy atom. The van der Waals surface area contributed by atoms with E-state index >= 15 is 0 Å². The summed E-state index contributed by atoms with van der Waals surface area (Å²) in [5.74, 6) is 1.41. The molecule has 1 aromatic heterocycles. The molecule has 0 N–H and O–H groups in total. The molecule has 2 atom stereocenters. The van der Waals surface area contributed by atoms with Gasteiger partial charge in [0.05, 0.1) is 18.3 Å². The van der Waals surface area contributed by atoms with E-state index in [-0.39, 0.29) is 11.9 Å². The van der Waals surface area contributed by atoms with E-state index in [0.717, 1.165) is 34.0 Å². The van der Waals surface area contributed by atoms with Crippen LogP contribution in [0.25, 0.3) is 0 Å². The highest BCUT2D eigenvalue weighted by atomic mass is 32.1. The Bertz CT molecular complexity index is 954. The third-order valence-electron chi connectivity index (χ3n) is 4.74. The first-order valence-corrected chi connectivity index (χ1v) is 9.62. The van der Waals surface area contributed by atoms with E-state index in [2.05, 4.69) is 11.1 Å². The molecule has 2 aromatic carbocycles. The van der Waals surface area contributed by atoms with Gasteiger partial charge >= 0.3 is 0 Å². The molecule has 1 fully saturated rings. The third kappa shape index (κ3) is 3.17. The van der Waals surface area contributed by atoms with E-state index in [4.69, 9.17) is 9.47 Å². The second kappa shape index (κ2) is 7.04. The van der Waals surface area contributed by atoms with Gasteiger partial charge in [0.1, 0.15) is 17.5 Å². The van der Waals surface area contributed by atoms with Crippen molar-refractivity contribution in [3.05, 3.63) is 70.2 Å². The second-order valence-electron chi connectivity index (χ2n) is 6.57. The Labute approximate surface area is 162 Å². The maximum absolute atomic E-state index is 13.0. The summed E-state index contributed by atoms with van der Waals surface area (Å²) in [6.07, 6.45) is -0.587. The standard InChI is InChI=1S/C21H20N2O3S/c1-13-4-9-18(14(2)10-13)26-20-19(17-11-27-12-22-17)23(21(20)24)15-5-7-16(25-3)8-6-15/h4-12,19-20H,1-3H3. The van der Waals surface area contributed by atoms with Crippen molar-refractivity contribution in [1.29, 1.82) is 0 Å². The quantitative estimate of drug-likeness (QED) is 0.619. The minimum absolute atomic E-state index is 0.0712. The average molecular weight is 380 g/mol. The maximum atomic E-state index is 13.0. The number of aryl methyl sites for hydroxylation is 2. The third-order valence-corrected chi connectivity index (χ3v) is 5.34. The van der Waals surface area contributed by atoms with Crippen molar-refractivity contribution in [3.63, 3.8) is 0 Å². The van der Waals surface area contributed by atoms with Gasteiger partial charge in [-0.25, -0.2) is 4.98 Å². The molecule has 1 aliphatic rings. The lowest BCUT2D eigenvalue weighted by Gasteiger charge is -2.45. The van der Waals surface area contributed by atoms with E-state index in [0.29, 0.717) is 0 Å². The molecular formula is C21H20N2O3S. The van der Waals surface area contributed by atoms with Gasteiger partial charge in [-0.2, -0.15) is 0 Å². The number of β-lactam (4-membered cyclic amide) rings is 1. The van der Waals surface area contributed by atoms with Crippen molar-refractivity contribution in [3.8, 4) is 11.5 Å². The van der Waals surface area contributed by atoms with Gasteiger partial charge in [0.25, 0.3) is 5.91 Å². The first kappa shape index (κ1) is 17.5. The molecule has 4 rings (SSSR count). The fourth-order valence-electron chi connectivity index (χ4n) is 3.33. The minimum Gasteiger partial charge on any atom is -0.497 e. The highest BCUT2D eigenvalue weighted by Crippen LogP contribution is 2.41. The highest BCUT2D eigenvalue weighted by molar-refractivity contribution is 7.07. The SMILES string of the molecule is COc1ccc(N2C(=O)C(Oc3ccc(C)cc3C)C2c2cscn2)cc1. The number of methoxy groups -OCH3 is 1. The predicted octanol–water partition coefficient (Wildman–Crippen LogP) is 4.30. The Kier molecular flexibility index (Phi) is 4.58. The monoisotopic (exact) mass is 380 g/mol. The number of aromatic nitrogens is 1. The fraction of sp³-hybridized carbons (Fsp3) is 0.238. The molecule has 0 aliphatic carbocycles. The number of hydrogen-bond donors (Lipinski definition) is 0. The van der Waals surface area contributed by atoms with Gasteiger partial charge in [-0.05, 0) is 49.7 Å². The number of carbonyl (C=O) groups is 1. The molecule has 1 saturated heterocycles. The molecule has 0 radical (unpaired) electrons. The van der Waals surface area contributed by atoms with Gasteiger partial charge in [0.15, 0.2) is 0 Å². The van der Waals surface area contributed by atoms with Crippen LogP contribution in [-0.4, -0.2) is 24.1 Å². The lowest BCUT2D eigenvalue weighted by Crippen LogP contribution is -2.61. The Morgan fingerprint density at radius 3 is 2.52 bits per heavy atom. The van der Waals surface area contributed by atoms with E-state index < -0.39 is 6.10 Å². The van der Waals surface area contributed by atoms with Gasteiger partial charge in [-0.15, -0.1) is 11.3 Å². The van der Waals surface area contributed by atoms with Crippen LogP contribution < -0.4 is 14.4 Å². The van der Waals surface area contributed by atoms with Crippen molar-refractivity contribution in [2.24, 2.45) is 0 Å². The van der Waals surface area contributed by atoms with Crippen LogP contribution in [0, 0.1) is 13.8 Å². The summed E-state index contributed by atoms with van der Waals surface area (Å²) in [5.41, 5.74) is 5.60. The Morgan fingerprint density at radius 1 is 1.11 bits per heavy atom. The molecule has 27 heavy (non-hydrogen) atoms. The summed E-state index contributed by atoms with van der Waals surface area (Å²) < 4.78 is 11.3. The van der Waals surface area contributed by atoms with Crippen LogP contribution in [0.2, 0.25) is 0 Å². The number of rotatable bonds is 5. The smallest absolute Gasteiger partial charge is 0.271 e. The zero-order chi connectivity index (χ0) is 19.0. The Hall–Kier alpha value is -2.86. The summed E-state index contributed by atoms with van der Waals surface area (Å²) >= 11 is 1.51. The molecule has 3 aromatic rings. The van der Waals surface area contributed by atoms with Gasteiger partial charge in [-0.1, -0.05) is 17.7 Å². The van der Waals surface area contributed by atoms with Crippen LogP contribution in [0.15, 0.2) is 53.4 Å². The number of amides is 1. The van der Waals surface area contributed by atoms with Crippen molar-refractivity contribution >= 4 is 22.9 Å². The largest absolute Gasteiger partial charge is 0.497 e. The first-order valence-electron chi connectivity index (χ1n) is 8.67. The van der Waals surface area contributed by atoms with Gasteiger partial charge in [-0.3, -0.25) is 9.69 Å². The summed E-state index contributed by atoms with van der Waals surface area (Å²) in [4.78, 5) is 19.1. The Balaban J connectivity index is 1.65. The zero-order valence-electron chi connectivity index (χ0n) is 15.4. The van der Waals surface area contributed by atoms with Crippen molar-refractivity contribution < 1.29 is 14.3 Å². The van der Waals surface area contributed by atoms with Crippen LogP contribution in [0.3, 0.4) is 0 Å². The lowest BCUT2D eigenvalue weighted by atomic mass is 9.93. The fourth-order valence-corrected chi connectivity index (χ4v) is 3.91. The van der Waals surface area contributed by atoms with Gasteiger partial charge < -0.3 is 9.47 Å². The summed E-state index contributed by atoms with van der Waals surface area (Å²) in [5, 5.41) is 1.96. The summed E-state index contributed by atoms with van der Waals surface area (Å²) in [7, 11) is 1.62. The van der Waals surface area contributed by atoms with E-state index in [1.807, 2.05) is 55.6 Å². The number of nitrogens with zero attached hydrogens (tertiary/aromatic N) is 2. The molecule has 0 saturated carbocycles. The van der Waals surface area contributed by atoms with Crippen LogP contribution >= 0.6 is 11.3 Å². The summed E-state index contributed by atoms with van der Waals surface area (Å²) in [6, 6.07) is 13.2. The molecule has 2 unspecified atom stereocenters. The zero-order valence-corrected chi connectivity index (χ0v) is 16.2. The van der Waals surface area contributed by atoms with E-state index in [1.165, 1.54) is 11.3 Å². The highest BCUT2D eigenvalue weighted by Gasteiger charge is 2.52. The first-order chi connectivity index (χ1) is 13.1. The second-order valence-corrected chi connectivity index (χ2v) is 7.29. The molecule has 2 heterocycles. The lowest BCUT2D eigenvalue weighted by molar-refractivity contribution is -0.135. The molecule has 6 heteroatoms. The van der Waals surface area contributed by atoms with Gasteiger partial charge in [0, 0.05) is 11.1 Å². The van der Waals surface area contributed by atoms with Crippen LogP contribution in [-0.2, 0) is 4.79 Å². The van der Waals surface area contributed by atoms with Crippen LogP contribution in [0.1, 0.15) is 22.9 Å². The minimum atomic E-state index is -0.587. The van der Waals surface area contributed by atoms with Gasteiger partial charge in [0.2, 0.25) is 6.10 Å². The van der Waals surface area contributed by atoms with Crippen LogP contribution in [0.5, 0.6) is 11.5 Å². The van der Waals surface area contributed by atoms with E-state index in [9.17, 15) is 4.79 Å². The molecule has 1 amide bonds. The molecule has 138 valence electrons. The molecule has 0 spiro atoms. The predicted molar refractivity (Wildman–Crippen MR) is 106 cm³/mol. The number of thiazole rings is 1. The molecule has 5 nitrogen and oxygen atoms in total. The molecular weight excluding hydrogens is 360 g/mol. The van der Waals surface area contributed by atoms with Crippen LogP contribution in [0.4, 0.5) is 5.69 Å². The number of anilines is 1. The number of benzene rings is 2. The van der Waals surface area contributed by atoms with E-state index in [1.54, 1.807) is 17.5 Å². The molecule has 0 bridgehead atoms. The summed E-state index contributed by atoms with van der Waals surface area (Å²) in [6.45, 7) is 4.03. The molecule has 1 aliphatic heterocycles. The normalized spacial score (nSPS) is 18.9. The average Bonchev–Trinajstić information content (AvgIpc) is 3.19. The number of ether oxygens (including phenoxy) is 2. The topological polar surface area (TPSA) is 51.7 Å². The maximum Gasteiger partial charge on any atom is 0.271 e. The van der Waals surface area contributed by atoms with Crippen molar-refractivity contribution in [1.82, 2.24) is 4.98 Å². The number of hydrogen-bond acceptors (Lipinski definition) is 5. The van der Waals surface area contributed by atoms with Crippen molar-refractivity contribution in [2.45, 2.75) is 26.0 Å². The number of carbonyl (C=O) groups excluding carboxylic acids is 1. The van der Waals surface area contributed by atoms with Crippen molar-refractivity contribution in [2.75, 3.05) is 12.0 Å².